The van der Waals surface area contributed by atoms with E-state index >= 15 is 0 Å². The molecule has 2 amide bonds. The summed E-state index contributed by atoms with van der Waals surface area (Å²) in [6.07, 6.45) is 1.78. The second-order valence-electron chi connectivity index (χ2n) is 3.27. The first-order valence-electron chi connectivity index (χ1n) is 3.75. The fourth-order valence-corrected chi connectivity index (χ4v) is 0.551. The predicted octanol–water partition coefficient (Wildman–Crippen LogP) is -0.162. The standard InChI is InChI=1S/C8H15N2O2/c1-8(2,7(9)12)5-4-6(11)10-3/h4H,5H2,1-3H3,(H2,9,12)(H,10,11). The Morgan fingerprint density at radius 1 is 1.50 bits per heavy atom. The topological polar surface area (TPSA) is 72.2 Å². The Bertz CT molecular complexity index is 187. The van der Waals surface area contributed by atoms with Gasteiger partial charge in [-0.2, -0.15) is 0 Å². The molecule has 0 fully saturated rings. The lowest BCUT2D eigenvalue weighted by Crippen LogP contribution is -2.33. The van der Waals surface area contributed by atoms with Gasteiger partial charge in [0.05, 0.1) is 6.42 Å². The first-order chi connectivity index (χ1) is 5.40. The number of amides is 2. The summed E-state index contributed by atoms with van der Waals surface area (Å²) in [5.74, 6) is -0.591. The Morgan fingerprint density at radius 2 is 2.00 bits per heavy atom. The molecule has 3 N–H and O–H groups in total. The molecule has 0 atom stereocenters. The molecule has 1 radical (unpaired) electrons. The van der Waals surface area contributed by atoms with Crippen molar-refractivity contribution >= 4 is 11.8 Å². The molecule has 0 aliphatic heterocycles. The van der Waals surface area contributed by atoms with E-state index in [0.717, 1.165) is 0 Å². The lowest BCUT2D eigenvalue weighted by Gasteiger charge is -2.18. The predicted molar refractivity (Wildman–Crippen MR) is 46.0 cm³/mol. The monoisotopic (exact) mass is 171 g/mol. The molecule has 4 nitrogen and oxygen atoms in total. The summed E-state index contributed by atoms with van der Waals surface area (Å²) in [6, 6.07) is 0. The van der Waals surface area contributed by atoms with Crippen molar-refractivity contribution in [3.8, 4) is 0 Å². The van der Waals surface area contributed by atoms with Gasteiger partial charge in [-0.05, 0) is 6.42 Å². The highest BCUT2D eigenvalue weighted by atomic mass is 16.2. The summed E-state index contributed by atoms with van der Waals surface area (Å²) in [5, 5.41) is 2.43. The number of primary amides is 1. The Labute approximate surface area is 72.5 Å². The van der Waals surface area contributed by atoms with Crippen LogP contribution in [0.1, 0.15) is 20.3 Å². The van der Waals surface area contributed by atoms with Crippen molar-refractivity contribution < 1.29 is 9.59 Å². The van der Waals surface area contributed by atoms with E-state index in [1.54, 1.807) is 13.8 Å². The van der Waals surface area contributed by atoms with E-state index in [1.165, 1.54) is 13.5 Å². The van der Waals surface area contributed by atoms with E-state index in [9.17, 15) is 9.59 Å². The Kier molecular flexibility index (Phi) is 3.73. The van der Waals surface area contributed by atoms with Crippen LogP contribution in [0.4, 0.5) is 0 Å². The summed E-state index contributed by atoms with van der Waals surface area (Å²) in [7, 11) is 1.54. The van der Waals surface area contributed by atoms with Crippen molar-refractivity contribution in [1.29, 1.82) is 0 Å². The Hall–Kier alpha value is -1.06. The molecule has 0 rings (SSSR count). The molecule has 0 aliphatic carbocycles. The minimum atomic E-state index is -0.646. The summed E-state index contributed by atoms with van der Waals surface area (Å²) < 4.78 is 0. The first kappa shape index (κ1) is 10.9. The molecular weight excluding hydrogens is 156 g/mol. The molecule has 0 aromatic carbocycles. The molecule has 0 saturated carbocycles. The van der Waals surface area contributed by atoms with E-state index in [4.69, 9.17) is 5.73 Å². The second kappa shape index (κ2) is 4.09. The van der Waals surface area contributed by atoms with Crippen molar-refractivity contribution in [3.63, 3.8) is 0 Å². The summed E-state index contributed by atoms with van der Waals surface area (Å²) in [4.78, 5) is 21.6. The minimum absolute atomic E-state index is 0.190. The average Bonchev–Trinajstić information content (AvgIpc) is 2.00. The number of nitrogens with one attached hydrogen (secondary N) is 1. The van der Waals surface area contributed by atoms with Crippen LogP contribution in [0.25, 0.3) is 0 Å². The molecule has 0 bridgehead atoms. The van der Waals surface area contributed by atoms with Crippen LogP contribution >= 0.6 is 0 Å². The highest BCUT2D eigenvalue weighted by Gasteiger charge is 2.25. The van der Waals surface area contributed by atoms with Crippen LogP contribution in [0.15, 0.2) is 0 Å². The van der Waals surface area contributed by atoms with Crippen molar-refractivity contribution in [2.75, 3.05) is 7.05 Å². The largest absolute Gasteiger partial charge is 0.369 e. The molecule has 4 heteroatoms. The highest BCUT2D eigenvalue weighted by Crippen LogP contribution is 2.20. The molecule has 0 aromatic heterocycles. The van der Waals surface area contributed by atoms with Crippen LogP contribution in [-0.4, -0.2) is 18.9 Å². The van der Waals surface area contributed by atoms with Gasteiger partial charge in [-0.3, -0.25) is 9.59 Å². The fraction of sp³-hybridized carbons (Fsp3) is 0.625. The second-order valence-corrected chi connectivity index (χ2v) is 3.27. The first-order valence-corrected chi connectivity index (χ1v) is 3.75. The molecule has 0 spiro atoms. The number of carbonyl (C=O) groups is 2. The maximum atomic E-state index is 10.8. The molecule has 0 aliphatic rings. The lowest BCUT2D eigenvalue weighted by atomic mass is 9.87. The van der Waals surface area contributed by atoms with Crippen LogP contribution in [0, 0.1) is 11.8 Å². The molecule has 0 unspecified atom stereocenters. The van der Waals surface area contributed by atoms with Crippen molar-refractivity contribution in [2.45, 2.75) is 20.3 Å². The van der Waals surface area contributed by atoms with Crippen LogP contribution in [0.3, 0.4) is 0 Å². The van der Waals surface area contributed by atoms with Gasteiger partial charge in [-0.25, -0.2) is 0 Å². The highest BCUT2D eigenvalue weighted by molar-refractivity contribution is 5.86. The van der Waals surface area contributed by atoms with E-state index in [0.29, 0.717) is 6.42 Å². The smallest absolute Gasteiger partial charge is 0.223 e. The number of hydrogen-bond donors (Lipinski definition) is 2. The average molecular weight is 171 g/mol. The van der Waals surface area contributed by atoms with Gasteiger partial charge in [-0.15, -0.1) is 0 Å². The van der Waals surface area contributed by atoms with Gasteiger partial charge >= 0.3 is 0 Å². The number of nitrogens with two attached hydrogens (primary N) is 1. The SMILES string of the molecule is CNC(=O)[CH]CC(C)(C)C(N)=O. The van der Waals surface area contributed by atoms with Gasteiger partial charge in [0.2, 0.25) is 11.8 Å². The third-order valence-corrected chi connectivity index (χ3v) is 1.71. The zero-order valence-electron chi connectivity index (χ0n) is 7.68. The van der Waals surface area contributed by atoms with Gasteiger partial charge in [0.25, 0.3) is 0 Å². The molecular formula is C8H15N2O2. The van der Waals surface area contributed by atoms with Gasteiger partial charge in [-0.1, -0.05) is 13.8 Å². The van der Waals surface area contributed by atoms with Gasteiger partial charge in [0.1, 0.15) is 0 Å². The third kappa shape index (κ3) is 3.37. The summed E-state index contributed by atoms with van der Waals surface area (Å²) in [5.41, 5.74) is 4.46. The number of hydrogen-bond acceptors (Lipinski definition) is 2. The molecule has 0 saturated heterocycles. The fourth-order valence-electron chi connectivity index (χ4n) is 0.551. The third-order valence-electron chi connectivity index (χ3n) is 1.71. The Balaban J connectivity index is 3.92. The van der Waals surface area contributed by atoms with E-state index in [-0.39, 0.29) is 5.91 Å². The minimum Gasteiger partial charge on any atom is -0.369 e. The normalized spacial score (nSPS) is 10.9. The van der Waals surface area contributed by atoms with Crippen LogP contribution in [0.5, 0.6) is 0 Å². The van der Waals surface area contributed by atoms with Crippen LogP contribution in [-0.2, 0) is 9.59 Å². The van der Waals surface area contributed by atoms with E-state index < -0.39 is 11.3 Å². The van der Waals surface area contributed by atoms with Crippen molar-refractivity contribution in [3.05, 3.63) is 6.42 Å². The molecule has 12 heavy (non-hydrogen) atoms. The lowest BCUT2D eigenvalue weighted by molar-refractivity contribution is -0.126. The number of rotatable bonds is 4. The van der Waals surface area contributed by atoms with Crippen molar-refractivity contribution in [1.82, 2.24) is 5.32 Å². The van der Waals surface area contributed by atoms with E-state index in [1.807, 2.05) is 0 Å². The van der Waals surface area contributed by atoms with E-state index in [2.05, 4.69) is 5.32 Å². The van der Waals surface area contributed by atoms with Gasteiger partial charge < -0.3 is 11.1 Å². The summed E-state index contributed by atoms with van der Waals surface area (Å²) >= 11 is 0. The maximum absolute atomic E-state index is 10.8. The maximum Gasteiger partial charge on any atom is 0.223 e. The number of carbonyl (C=O) groups excluding carboxylic acids is 2. The van der Waals surface area contributed by atoms with Gasteiger partial charge in [0.15, 0.2) is 0 Å². The summed E-state index contributed by atoms with van der Waals surface area (Å²) in [6.45, 7) is 3.41. The van der Waals surface area contributed by atoms with Crippen LogP contribution in [0.2, 0.25) is 0 Å². The zero-order chi connectivity index (χ0) is 9.78. The quantitative estimate of drug-likeness (QED) is 0.616. The zero-order valence-corrected chi connectivity index (χ0v) is 7.68. The van der Waals surface area contributed by atoms with Gasteiger partial charge in [0, 0.05) is 12.5 Å². The molecule has 69 valence electrons. The molecule has 0 aromatic rings. The molecule has 0 heterocycles. The van der Waals surface area contributed by atoms with Crippen molar-refractivity contribution in [2.24, 2.45) is 11.1 Å². The Morgan fingerprint density at radius 3 is 2.33 bits per heavy atom. The van der Waals surface area contributed by atoms with Crippen LogP contribution < -0.4 is 11.1 Å².